The molecule has 4 aromatic rings. The average molecular weight is 413 g/mol. The Kier molecular flexibility index (Phi) is 4.38. The molecule has 0 aliphatic carbocycles. The minimum Gasteiger partial charge on any atom is -0.497 e. The van der Waals surface area contributed by atoms with E-state index >= 15 is 0 Å². The Morgan fingerprint density at radius 3 is 2.16 bits per heavy atom. The maximum Gasteiger partial charge on any atom is 0.183 e. The zero-order valence-electron chi connectivity index (χ0n) is 13.3. The van der Waals surface area contributed by atoms with Crippen LogP contribution >= 0.6 is 27.3 Å². The standard InChI is InChI=1S/C19H13BrN2O2S/c1-23-15-8-4-13(5-9-15)18-21-22-19(25-18)17-11-10-16(24-17)12-2-6-14(20)7-3-12/h2-11H,1H3. The van der Waals surface area contributed by atoms with Crippen LogP contribution in [-0.2, 0) is 0 Å². The van der Waals surface area contributed by atoms with Crippen LogP contribution in [0, 0.1) is 0 Å². The molecular weight excluding hydrogens is 400 g/mol. The molecule has 0 bridgehead atoms. The summed E-state index contributed by atoms with van der Waals surface area (Å²) in [6.45, 7) is 0. The van der Waals surface area contributed by atoms with Gasteiger partial charge >= 0.3 is 0 Å². The number of methoxy groups -OCH3 is 1. The number of benzene rings is 2. The second kappa shape index (κ2) is 6.82. The summed E-state index contributed by atoms with van der Waals surface area (Å²) >= 11 is 4.94. The van der Waals surface area contributed by atoms with Crippen LogP contribution < -0.4 is 4.74 Å². The monoisotopic (exact) mass is 412 g/mol. The molecule has 4 nitrogen and oxygen atoms in total. The lowest BCUT2D eigenvalue weighted by molar-refractivity contribution is 0.415. The van der Waals surface area contributed by atoms with Gasteiger partial charge in [0.15, 0.2) is 10.8 Å². The predicted molar refractivity (Wildman–Crippen MR) is 103 cm³/mol. The molecule has 0 spiro atoms. The summed E-state index contributed by atoms with van der Waals surface area (Å²) in [6, 6.07) is 19.6. The van der Waals surface area contributed by atoms with Crippen molar-refractivity contribution in [2.75, 3.05) is 7.11 Å². The van der Waals surface area contributed by atoms with E-state index in [0.29, 0.717) is 0 Å². The Labute approximate surface area is 157 Å². The molecule has 0 N–H and O–H groups in total. The van der Waals surface area contributed by atoms with Gasteiger partial charge in [-0.25, -0.2) is 0 Å². The number of aromatic nitrogens is 2. The maximum atomic E-state index is 5.95. The zero-order valence-corrected chi connectivity index (χ0v) is 15.7. The second-order valence-corrected chi connectivity index (χ2v) is 7.20. The molecule has 25 heavy (non-hydrogen) atoms. The number of nitrogens with zero attached hydrogens (tertiary/aromatic N) is 2. The molecule has 0 saturated heterocycles. The van der Waals surface area contributed by atoms with E-state index in [4.69, 9.17) is 9.15 Å². The highest BCUT2D eigenvalue weighted by molar-refractivity contribution is 9.10. The topological polar surface area (TPSA) is 48.2 Å². The average Bonchev–Trinajstić information content (AvgIpc) is 3.32. The van der Waals surface area contributed by atoms with Gasteiger partial charge in [-0.15, -0.1) is 10.2 Å². The molecule has 0 unspecified atom stereocenters. The van der Waals surface area contributed by atoms with Crippen molar-refractivity contribution in [3.63, 3.8) is 0 Å². The number of hydrogen-bond donors (Lipinski definition) is 0. The minimum atomic E-state index is 0.718. The first-order valence-corrected chi connectivity index (χ1v) is 9.18. The quantitative estimate of drug-likeness (QED) is 0.418. The van der Waals surface area contributed by atoms with Crippen molar-refractivity contribution >= 4 is 27.3 Å². The third-order valence-corrected chi connectivity index (χ3v) is 5.22. The molecule has 0 saturated carbocycles. The van der Waals surface area contributed by atoms with Crippen LogP contribution in [0.25, 0.3) is 32.7 Å². The van der Waals surface area contributed by atoms with Gasteiger partial charge in [0, 0.05) is 15.6 Å². The lowest BCUT2D eigenvalue weighted by Crippen LogP contribution is -1.82. The molecule has 2 aromatic carbocycles. The fourth-order valence-electron chi connectivity index (χ4n) is 2.40. The Hall–Kier alpha value is -2.44. The maximum absolute atomic E-state index is 5.95. The molecule has 0 radical (unpaired) electrons. The van der Waals surface area contributed by atoms with E-state index in [9.17, 15) is 0 Å². The van der Waals surface area contributed by atoms with E-state index in [1.807, 2.05) is 60.7 Å². The molecule has 124 valence electrons. The van der Waals surface area contributed by atoms with E-state index in [1.165, 1.54) is 11.3 Å². The highest BCUT2D eigenvalue weighted by Gasteiger charge is 2.13. The van der Waals surface area contributed by atoms with Gasteiger partial charge in [0.1, 0.15) is 16.5 Å². The van der Waals surface area contributed by atoms with Crippen molar-refractivity contribution in [3.05, 3.63) is 65.1 Å². The van der Waals surface area contributed by atoms with Crippen LogP contribution in [0.2, 0.25) is 0 Å². The Morgan fingerprint density at radius 2 is 1.44 bits per heavy atom. The summed E-state index contributed by atoms with van der Waals surface area (Å²) in [4.78, 5) is 0. The number of rotatable bonds is 4. The van der Waals surface area contributed by atoms with Gasteiger partial charge in [-0.1, -0.05) is 39.4 Å². The summed E-state index contributed by atoms with van der Waals surface area (Å²) in [6.07, 6.45) is 0. The van der Waals surface area contributed by atoms with Crippen LogP contribution in [0.4, 0.5) is 0 Å². The SMILES string of the molecule is COc1ccc(-c2nnc(-c3ccc(-c4ccc(Br)cc4)o3)s2)cc1. The van der Waals surface area contributed by atoms with Crippen LogP contribution in [0.3, 0.4) is 0 Å². The van der Waals surface area contributed by atoms with Crippen molar-refractivity contribution in [1.82, 2.24) is 10.2 Å². The first-order valence-electron chi connectivity index (χ1n) is 7.57. The van der Waals surface area contributed by atoms with Crippen LogP contribution in [0.5, 0.6) is 5.75 Å². The van der Waals surface area contributed by atoms with Crippen LogP contribution in [0.15, 0.2) is 69.6 Å². The Bertz CT molecular complexity index is 991. The molecule has 4 rings (SSSR count). The van der Waals surface area contributed by atoms with Crippen molar-refractivity contribution < 1.29 is 9.15 Å². The molecular formula is C19H13BrN2O2S. The molecule has 6 heteroatoms. The van der Waals surface area contributed by atoms with Gasteiger partial charge in [0.25, 0.3) is 0 Å². The minimum absolute atomic E-state index is 0.718. The summed E-state index contributed by atoms with van der Waals surface area (Å²) in [5.41, 5.74) is 2.03. The van der Waals surface area contributed by atoms with Crippen LogP contribution in [0.1, 0.15) is 0 Å². The second-order valence-electron chi connectivity index (χ2n) is 5.31. The lowest BCUT2D eigenvalue weighted by Gasteiger charge is -1.99. The zero-order chi connectivity index (χ0) is 17.2. The highest BCUT2D eigenvalue weighted by Crippen LogP contribution is 2.34. The Morgan fingerprint density at radius 1 is 0.800 bits per heavy atom. The third kappa shape index (κ3) is 3.36. The van der Waals surface area contributed by atoms with E-state index in [-0.39, 0.29) is 0 Å². The van der Waals surface area contributed by atoms with E-state index in [1.54, 1.807) is 7.11 Å². The Balaban J connectivity index is 1.60. The molecule has 0 atom stereocenters. The van der Waals surface area contributed by atoms with Gasteiger partial charge in [0.05, 0.1) is 7.11 Å². The van der Waals surface area contributed by atoms with E-state index in [0.717, 1.165) is 42.9 Å². The first kappa shape index (κ1) is 16.1. The molecule has 0 aliphatic rings. The van der Waals surface area contributed by atoms with E-state index in [2.05, 4.69) is 26.1 Å². The van der Waals surface area contributed by atoms with Gasteiger partial charge in [-0.05, 0) is 48.5 Å². The van der Waals surface area contributed by atoms with Crippen molar-refractivity contribution in [2.45, 2.75) is 0 Å². The smallest absolute Gasteiger partial charge is 0.183 e. The molecule has 0 aliphatic heterocycles. The van der Waals surface area contributed by atoms with Gasteiger partial charge in [-0.2, -0.15) is 0 Å². The number of hydrogen-bond acceptors (Lipinski definition) is 5. The summed E-state index contributed by atoms with van der Waals surface area (Å²) in [5, 5.41) is 10.1. The third-order valence-electron chi connectivity index (χ3n) is 3.71. The number of furan rings is 1. The molecule has 0 fully saturated rings. The molecule has 2 heterocycles. The van der Waals surface area contributed by atoms with Gasteiger partial charge in [-0.3, -0.25) is 0 Å². The molecule has 2 aromatic heterocycles. The molecule has 0 amide bonds. The summed E-state index contributed by atoms with van der Waals surface area (Å²) in [7, 11) is 1.65. The van der Waals surface area contributed by atoms with Crippen LogP contribution in [-0.4, -0.2) is 17.3 Å². The lowest BCUT2D eigenvalue weighted by atomic mass is 10.2. The van der Waals surface area contributed by atoms with Crippen molar-refractivity contribution in [2.24, 2.45) is 0 Å². The first-order chi connectivity index (χ1) is 12.2. The van der Waals surface area contributed by atoms with E-state index < -0.39 is 0 Å². The number of halogens is 1. The normalized spacial score (nSPS) is 10.8. The summed E-state index contributed by atoms with van der Waals surface area (Å²) in [5.74, 6) is 2.34. The van der Waals surface area contributed by atoms with Crippen molar-refractivity contribution in [3.8, 4) is 38.4 Å². The predicted octanol–water partition coefficient (Wildman–Crippen LogP) is 5.90. The highest BCUT2D eigenvalue weighted by atomic mass is 79.9. The van der Waals surface area contributed by atoms with Gasteiger partial charge in [0.2, 0.25) is 0 Å². The van der Waals surface area contributed by atoms with Gasteiger partial charge < -0.3 is 9.15 Å². The fourth-order valence-corrected chi connectivity index (χ4v) is 3.47. The summed E-state index contributed by atoms with van der Waals surface area (Å²) < 4.78 is 12.2. The largest absolute Gasteiger partial charge is 0.497 e. The number of ether oxygens (including phenoxy) is 1. The fraction of sp³-hybridized carbons (Fsp3) is 0.0526. The van der Waals surface area contributed by atoms with Crippen molar-refractivity contribution in [1.29, 1.82) is 0 Å².